The number of halogens is 1. The summed E-state index contributed by atoms with van der Waals surface area (Å²) in [5.41, 5.74) is 0.818. The maximum atomic E-state index is 13.7. The van der Waals surface area contributed by atoms with Crippen molar-refractivity contribution in [3.8, 4) is 0 Å². The average Bonchev–Trinajstić information content (AvgIpc) is 2.40. The quantitative estimate of drug-likeness (QED) is 0.878. The van der Waals surface area contributed by atoms with Crippen LogP contribution in [-0.2, 0) is 6.54 Å². The zero-order valence-corrected chi connectivity index (χ0v) is 12.0. The predicted octanol–water partition coefficient (Wildman–Crippen LogP) is 3.18. The fourth-order valence-corrected chi connectivity index (χ4v) is 2.72. The molecule has 0 aromatic heterocycles. The second kappa shape index (κ2) is 7.01. The van der Waals surface area contributed by atoms with Crippen molar-refractivity contribution in [2.24, 2.45) is 0 Å². The standard InChI is InChI=1S/C16H25FN2/c1-13(2)18-11-15-8-5-6-10-19(15)12-14-7-3-4-9-16(14)17/h3-4,7,9,13,15,18H,5-6,8,10-12H2,1-2H3. The molecule has 0 spiro atoms. The number of nitrogens with zero attached hydrogens (tertiary/aromatic N) is 1. The van der Waals surface area contributed by atoms with E-state index in [0.29, 0.717) is 12.1 Å². The SMILES string of the molecule is CC(C)NCC1CCCCN1Cc1ccccc1F. The van der Waals surface area contributed by atoms with Crippen molar-refractivity contribution in [3.05, 3.63) is 35.6 Å². The van der Waals surface area contributed by atoms with Gasteiger partial charge in [-0.15, -0.1) is 0 Å². The van der Waals surface area contributed by atoms with Crippen molar-refractivity contribution in [1.82, 2.24) is 10.2 Å². The van der Waals surface area contributed by atoms with Crippen LogP contribution in [0.3, 0.4) is 0 Å². The van der Waals surface area contributed by atoms with Crippen LogP contribution in [0.2, 0.25) is 0 Å². The summed E-state index contributed by atoms with van der Waals surface area (Å²) in [4.78, 5) is 2.43. The summed E-state index contributed by atoms with van der Waals surface area (Å²) >= 11 is 0. The lowest BCUT2D eigenvalue weighted by Gasteiger charge is -2.36. The maximum Gasteiger partial charge on any atom is 0.127 e. The molecule has 1 aromatic rings. The van der Waals surface area contributed by atoms with Gasteiger partial charge in [-0.3, -0.25) is 4.90 Å². The largest absolute Gasteiger partial charge is 0.313 e. The first kappa shape index (κ1) is 14.5. The van der Waals surface area contributed by atoms with E-state index in [0.717, 1.165) is 25.2 Å². The number of piperidine rings is 1. The smallest absolute Gasteiger partial charge is 0.127 e. The minimum absolute atomic E-state index is 0.0800. The van der Waals surface area contributed by atoms with Crippen molar-refractivity contribution in [2.75, 3.05) is 13.1 Å². The normalized spacial score (nSPS) is 20.9. The van der Waals surface area contributed by atoms with Gasteiger partial charge in [0.25, 0.3) is 0 Å². The van der Waals surface area contributed by atoms with E-state index in [1.165, 1.54) is 19.3 Å². The second-order valence-corrected chi connectivity index (χ2v) is 5.77. The van der Waals surface area contributed by atoms with Crippen LogP contribution in [0.15, 0.2) is 24.3 Å². The van der Waals surface area contributed by atoms with Crippen LogP contribution in [0.4, 0.5) is 4.39 Å². The molecule has 1 fully saturated rings. The fraction of sp³-hybridized carbons (Fsp3) is 0.625. The molecule has 19 heavy (non-hydrogen) atoms. The summed E-state index contributed by atoms with van der Waals surface area (Å²) in [7, 11) is 0. The van der Waals surface area contributed by atoms with Crippen LogP contribution in [0.5, 0.6) is 0 Å². The molecule has 0 saturated carbocycles. The highest BCUT2D eigenvalue weighted by molar-refractivity contribution is 5.17. The van der Waals surface area contributed by atoms with Crippen molar-refractivity contribution < 1.29 is 4.39 Å². The van der Waals surface area contributed by atoms with Gasteiger partial charge in [-0.2, -0.15) is 0 Å². The van der Waals surface area contributed by atoms with Crippen molar-refractivity contribution in [2.45, 2.75) is 51.7 Å². The third kappa shape index (κ3) is 4.29. The molecule has 2 rings (SSSR count). The number of nitrogens with one attached hydrogen (secondary N) is 1. The molecule has 1 atom stereocenters. The van der Waals surface area contributed by atoms with Gasteiger partial charge < -0.3 is 5.32 Å². The Labute approximate surface area is 116 Å². The van der Waals surface area contributed by atoms with Crippen LogP contribution in [0, 0.1) is 5.82 Å². The number of hydrogen-bond acceptors (Lipinski definition) is 2. The van der Waals surface area contributed by atoms with Crippen LogP contribution in [0.25, 0.3) is 0 Å². The van der Waals surface area contributed by atoms with Gasteiger partial charge in [0.2, 0.25) is 0 Å². The Hall–Kier alpha value is -0.930. The molecule has 1 unspecified atom stereocenters. The van der Waals surface area contributed by atoms with E-state index in [2.05, 4.69) is 24.1 Å². The molecule has 1 N–H and O–H groups in total. The summed E-state index contributed by atoms with van der Waals surface area (Å²) in [6.07, 6.45) is 3.74. The molecule has 1 heterocycles. The van der Waals surface area contributed by atoms with E-state index in [4.69, 9.17) is 0 Å². The third-order valence-corrected chi connectivity index (χ3v) is 3.84. The van der Waals surface area contributed by atoms with Crippen molar-refractivity contribution in [1.29, 1.82) is 0 Å². The van der Waals surface area contributed by atoms with Gasteiger partial charge in [-0.25, -0.2) is 4.39 Å². The summed E-state index contributed by atoms with van der Waals surface area (Å²) in [5, 5.41) is 3.51. The first-order chi connectivity index (χ1) is 9.16. The zero-order chi connectivity index (χ0) is 13.7. The molecule has 1 aliphatic rings. The number of hydrogen-bond donors (Lipinski definition) is 1. The minimum atomic E-state index is -0.0800. The van der Waals surface area contributed by atoms with Crippen LogP contribution < -0.4 is 5.32 Å². The molecule has 2 nitrogen and oxygen atoms in total. The van der Waals surface area contributed by atoms with Gasteiger partial charge in [0.1, 0.15) is 5.82 Å². The Morgan fingerprint density at radius 2 is 2.11 bits per heavy atom. The molecular weight excluding hydrogens is 239 g/mol. The van der Waals surface area contributed by atoms with E-state index >= 15 is 0 Å². The van der Waals surface area contributed by atoms with Crippen LogP contribution in [-0.4, -0.2) is 30.1 Å². The van der Waals surface area contributed by atoms with E-state index in [1.54, 1.807) is 12.1 Å². The molecule has 1 aromatic carbocycles. The molecule has 0 amide bonds. The zero-order valence-electron chi connectivity index (χ0n) is 12.0. The minimum Gasteiger partial charge on any atom is -0.313 e. The fourth-order valence-electron chi connectivity index (χ4n) is 2.72. The molecule has 106 valence electrons. The Kier molecular flexibility index (Phi) is 5.34. The number of benzene rings is 1. The maximum absolute atomic E-state index is 13.7. The molecule has 0 aliphatic carbocycles. The van der Waals surface area contributed by atoms with Gasteiger partial charge in [0, 0.05) is 30.7 Å². The average molecular weight is 264 g/mol. The second-order valence-electron chi connectivity index (χ2n) is 5.77. The Morgan fingerprint density at radius 3 is 2.84 bits per heavy atom. The topological polar surface area (TPSA) is 15.3 Å². The number of rotatable bonds is 5. The predicted molar refractivity (Wildman–Crippen MR) is 77.6 cm³/mol. The highest BCUT2D eigenvalue weighted by Gasteiger charge is 2.23. The summed E-state index contributed by atoms with van der Waals surface area (Å²) in [6.45, 7) is 7.16. The van der Waals surface area contributed by atoms with Crippen LogP contribution >= 0.6 is 0 Å². The number of likely N-dealkylation sites (tertiary alicyclic amines) is 1. The Balaban J connectivity index is 1.97. The molecule has 0 bridgehead atoms. The van der Waals surface area contributed by atoms with Gasteiger partial charge in [0.15, 0.2) is 0 Å². The van der Waals surface area contributed by atoms with Crippen LogP contribution in [0.1, 0.15) is 38.7 Å². The lowest BCUT2D eigenvalue weighted by molar-refractivity contribution is 0.134. The van der Waals surface area contributed by atoms with Gasteiger partial charge >= 0.3 is 0 Å². The lowest BCUT2D eigenvalue weighted by Crippen LogP contribution is -2.46. The molecule has 0 radical (unpaired) electrons. The van der Waals surface area contributed by atoms with Crippen molar-refractivity contribution >= 4 is 0 Å². The Morgan fingerprint density at radius 1 is 1.32 bits per heavy atom. The van der Waals surface area contributed by atoms with E-state index in [9.17, 15) is 4.39 Å². The van der Waals surface area contributed by atoms with Gasteiger partial charge in [0.05, 0.1) is 0 Å². The molecule has 3 heteroatoms. The Bertz CT molecular complexity index is 392. The highest BCUT2D eigenvalue weighted by Crippen LogP contribution is 2.20. The molecule has 1 aliphatic heterocycles. The summed E-state index contributed by atoms with van der Waals surface area (Å²) < 4.78 is 13.7. The lowest BCUT2D eigenvalue weighted by atomic mass is 10.0. The third-order valence-electron chi connectivity index (χ3n) is 3.84. The van der Waals surface area contributed by atoms with Gasteiger partial charge in [-0.05, 0) is 25.5 Å². The molecular formula is C16H25FN2. The monoisotopic (exact) mass is 264 g/mol. The first-order valence-corrected chi connectivity index (χ1v) is 7.37. The first-order valence-electron chi connectivity index (χ1n) is 7.37. The van der Waals surface area contributed by atoms with Crippen molar-refractivity contribution in [3.63, 3.8) is 0 Å². The van der Waals surface area contributed by atoms with E-state index in [-0.39, 0.29) is 5.82 Å². The highest BCUT2D eigenvalue weighted by atomic mass is 19.1. The summed E-state index contributed by atoms with van der Waals surface area (Å²) in [6, 6.07) is 8.18. The molecule has 1 saturated heterocycles. The van der Waals surface area contributed by atoms with Gasteiger partial charge in [-0.1, -0.05) is 38.5 Å². The summed E-state index contributed by atoms with van der Waals surface area (Å²) in [5.74, 6) is -0.0800. The van der Waals surface area contributed by atoms with E-state index in [1.807, 2.05) is 12.1 Å². The van der Waals surface area contributed by atoms with E-state index < -0.39 is 0 Å².